The molecule has 0 saturated carbocycles. The molecule has 0 heterocycles. The fourth-order valence-corrected chi connectivity index (χ4v) is 1.87. The third-order valence-corrected chi connectivity index (χ3v) is 2.94. The van der Waals surface area contributed by atoms with Crippen LogP contribution < -0.4 is 15.8 Å². The normalized spacial score (nSPS) is 10.1. The summed E-state index contributed by atoms with van der Waals surface area (Å²) >= 11 is 0. The van der Waals surface area contributed by atoms with Crippen molar-refractivity contribution in [2.45, 2.75) is 13.3 Å². The van der Waals surface area contributed by atoms with Crippen molar-refractivity contribution in [2.24, 2.45) is 0 Å². The Morgan fingerprint density at radius 1 is 1.24 bits per heavy atom. The molecule has 0 atom stereocenters. The highest BCUT2D eigenvalue weighted by Crippen LogP contribution is 2.27. The van der Waals surface area contributed by atoms with Crippen LogP contribution in [-0.2, 0) is 0 Å². The van der Waals surface area contributed by atoms with E-state index in [1.807, 2.05) is 31.2 Å². The van der Waals surface area contributed by atoms with E-state index in [1.165, 1.54) is 6.07 Å². The molecule has 110 valence electrons. The van der Waals surface area contributed by atoms with E-state index in [4.69, 9.17) is 15.6 Å². The van der Waals surface area contributed by atoms with E-state index in [9.17, 15) is 4.79 Å². The van der Waals surface area contributed by atoms with Gasteiger partial charge >= 0.3 is 5.97 Å². The molecule has 0 amide bonds. The minimum atomic E-state index is -1.04. The number of ether oxygens (including phenoxy) is 1. The molecule has 0 aliphatic heterocycles. The standard InChI is InChI=1S/C16H18N2O3/c1-2-10-21-12-8-6-11(7-9-12)18-14-5-3-4-13(15(14)17)16(19)20/h3-9,18H,2,10,17H2,1H3,(H,19,20). The predicted octanol–water partition coefficient (Wildman–Crippen LogP) is 3.50. The van der Waals surface area contributed by atoms with Gasteiger partial charge in [-0.2, -0.15) is 0 Å². The van der Waals surface area contributed by atoms with Crippen LogP contribution in [-0.4, -0.2) is 17.7 Å². The zero-order valence-electron chi connectivity index (χ0n) is 11.8. The molecule has 4 N–H and O–H groups in total. The van der Waals surface area contributed by atoms with Crippen molar-refractivity contribution in [1.29, 1.82) is 0 Å². The van der Waals surface area contributed by atoms with Crippen molar-refractivity contribution in [3.63, 3.8) is 0 Å². The average molecular weight is 286 g/mol. The lowest BCUT2D eigenvalue weighted by Crippen LogP contribution is -2.05. The Kier molecular flexibility index (Phi) is 4.66. The Morgan fingerprint density at radius 2 is 1.95 bits per heavy atom. The number of rotatable bonds is 6. The summed E-state index contributed by atoms with van der Waals surface area (Å²) in [7, 11) is 0. The molecule has 0 aliphatic carbocycles. The minimum absolute atomic E-state index is 0.0860. The van der Waals surface area contributed by atoms with Crippen molar-refractivity contribution in [3.8, 4) is 5.75 Å². The van der Waals surface area contributed by atoms with Crippen LogP contribution in [0.25, 0.3) is 0 Å². The molecule has 0 aromatic heterocycles. The molecule has 2 rings (SSSR count). The highest BCUT2D eigenvalue weighted by atomic mass is 16.5. The molecule has 0 fully saturated rings. The number of nitrogen functional groups attached to an aromatic ring is 1. The third kappa shape index (κ3) is 3.66. The Bertz CT molecular complexity index is 624. The van der Waals surface area contributed by atoms with E-state index in [0.29, 0.717) is 12.3 Å². The molecular weight excluding hydrogens is 268 g/mol. The largest absolute Gasteiger partial charge is 0.494 e. The van der Waals surface area contributed by atoms with Crippen LogP contribution in [0.3, 0.4) is 0 Å². The van der Waals surface area contributed by atoms with Crippen molar-refractivity contribution in [3.05, 3.63) is 48.0 Å². The molecule has 0 aliphatic rings. The van der Waals surface area contributed by atoms with Crippen LogP contribution in [0.4, 0.5) is 17.1 Å². The highest BCUT2D eigenvalue weighted by Gasteiger charge is 2.10. The quantitative estimate of drug-likeness (QED) is 0.708. The van der Waals surface area contributed by atoms with Crippen LogP contribution in [0.5, 0.6) is 5.75 Å². The maximum atomic E-state index is 11.0. The number of anilines is 3. The van der Waals surface area contributed by atoms with Gasteiger partial charge in [0.1, 0.15) is 5.75 Å². The van der Waals surface area contributed by atoms with Gasteiger partial charge in [0.25, 0.3) is 0 Å². The van der Waals surface area contributed by atoms with Gasteiger partial charge in [0.2, 0.25) is 0 Å². The summed E-state index contributed by atoms with van der Waals surface area (Å²) < 4.78 is 5.50. The number of hydrogen-bond donors (Lipinski definition) is 3. The maximum absolute atomic E-state index is 11.0. The van der Waals surface area contributed by atoms with Gasteiger partial charge in [-0.3, -0.25) is 0 Å². The Morgan fingerprint density at radius 3 is 2.57 bits per heavy atom. The van der Waals surface area contributed by atoms with Gasteiger partial charge in [-0.25, -0.2) is 4.79 Å². The molecule has 2 aromatic carbocycles. The molecule has 5 heteroatoms. The number of para-hydroxylation sites is 1. The lowest BCUT2D eigenvalue weighted by atomic mass is 10.1. The predicted molar refractivity (Wildman–Crippen MR) is 83.3 cm³/mol. The molecular formula is C16H18N2O3. The van der Waals surface area contributed by atoms with Gasteiger partial charge in [-0.05, 0) is 42.8 Å². The van der Waals surface area contributed by atoms with Crippen LogP contribution in [0.15, 0.2) is 42.5 Å². The second-order valence-electron chi connectivity index (χ2n) is 4.57. The fourth-order valence-electron chi connectivity index (χ4n) is 1.87. The first-order valence-electron chi connectivity index (χ1n) is 6.73. The number of carbonyl (C=O) groups is 1. The third-order valence-electron chi connectivity index (χ3n) is 2.94. The number of carboxylic acids is 1. The lowest BCUT2D eigenvalue weighted by molar-refractivity contribution is 0.0698. The van der Waals surface area contributed by atoms with Gasteiger partial charge < -0.3 is 20.9 Å². The van der Waals surface area contributed by atoms with Gasteiger partial charge in [0, 0.05) is 5.69 Å². The monoisotopic (exact) mass is 286 g/mol. The smallest absolute Gasteiger partial charge is 0.337 e. The van der Waals surface area contributed by atoms with Crippen molar-refractivity contribution >= 4 is 23.0 Å². The van der Waals surface area contributed by atoms with Crippen LogP contribution in [0.2, 0.25) is 0 Å². The summed E-state index contributed by atoms with van der Waals surface area (Å²) in [6.45, 7) is 2.73. The van der Waals surface area contributed by atoms with Gasteiger partial charge in [0.05, 0.1) is 23.5 Å². The minimum Gasteiger partial charge on any atom is -0.494 e. The van der Waals surface area contributed by atoms with Gasteiger partial charge in [0.15, 0.2) is 0 Å². The molecule has 0 spiro atoms. The highest BCUT2D eigenvalue weighted by molar-refractivity contribution is 5.97. The van der Waals surface area contributed by atoms with E-state index in [0.717, 1.165) is 17.9 Å². The summed E-state index contributed by atoms with van der Waals surface area (Å²) in [4.78, 5) is 11.0. The van der Waals surface area contributed by atoms with Gasteiger partial charge in [-0.15, -0.1) is 0 Å². The second kappa shape index (κ2) is 6.65. The van der Waals surface area contributed by atoms with Gasteiger partial charge in [-0.1, -0.05) is 13.0 Å². The maximum Gasteiger partial charge on any atom is 0.337 e. The molecule has 0 saturated heterocycles. The Labute approximate surface area is 123 Å². The van der Waals surface area contributed by atoms with E-state index >= 15 is 0 Å². The number of hydrogen-bond acceptors (Lipinski definition) is 4. The average Bonchev–Trinajstić information content (AvgIpc) is 2.48. The first-order chi connectivity index (χ1) is 10.1. The molecule has 0 bridgehead atoms. The van der Waals surface area contributed by atoms with E-state index in [-0.39, 0.29) is 11.3 Å². The first kappa shape index (κ1) is 14.7. The summed E-state index contributed by atoms with van der Waals surface area (Å²) in [6, 6.07) is 12.3. The van der Waals surface area contributed by atoms with Crippen LogP contribution >= 0.6 is 0 Å². The Balaban J connectivity index is 2.15. The molecule has 2 aromatic rings. The van der Waals surface area contributed by atoms with E-state index in [2.05, 4.69) is 5.32 Å². The molecule has 0 unspecified atom stereocenters. The number of aromatic carboxylic acids is 1. The summed E-state index contributed by atoms with van der Waals surface area (Å²) in [5, 5.41) is 12.2. The summed E-state index contributed by atoms with van der Waals surface area (Å²) in [5.74, 6) is -0.242. The van der Waals surface area contributed by atoms with Crippen molar-refractivity contribution in [1.82, 2.24) is 0 Å². The second-order valence-corrected chi connectivity index (χ2v) is 4.57. The molecule has 5 nitrogen and oxygen atoms in total. The number of nitrogens with two attached hydrogens (primary N) is 1. The number of nitrogens with one attached hydrogen (secondary N) is 1. The lowest BCUT2D eigenvalue weighted by Gasteiger charge is -2.12. The SMILES string of the molecule is CCCOc1ccc(Nc2cccc(C(=O)O)c2N)cc1. The zero-order chi connectivity index (χ0) is 15.2. The van der Waals surface area contributed by atoms with Crippen LogP contribution in [0.1, 0.15) is 23.7 Å². The van der Waals surface area contributed by atoms with Crippen molar-refractivity contribution < 1.29 is 14.6 Å². The van der Waals surface area contributed by atoms with Crippen LogP contribution in [0, 0.1) is 0 Å². The first-order valence-corrected chi connectivity index (χ1v) is 6.73. The summed E-state index contributed by atoms with van der Waals surface area (Å²) in [5.41, 5.74) is 7.54. The Hall–Kier alpha value is -2.69. The van der Waals surface area contributed by atoms with E-state index in [1.54, 1.807) is 12.1 Å². The topological polar surface area (TPSA) is 84.6 Å². The molecule has 21 heavy (non-hydrogen) atoms. The zero-order valence-corrected chi connectivity index (χ0v) is 11.8. The van der Waals surface area contributed by atoms with Crippen molar-refractivity contribution in [2.75, 3.05) is 17.7 Å². The summed E-state index contributed by atoms with van der Waals surface area (Å²) in [6.07, 6.45) is 0.957. The molecule has 0 radical (unpaired) electrons. The van der Waals surface area contributed by atoms with E-state index < -0.39 is 5.97 Å². The number of carboxylic acid groups (broad SMARTS) is 1. The fraction of sp³-hybridized carbons (Fsp3) is 0.188. The number of benzene rings is 2.